The molecule has 3 heterocycles. The number of ether oxygens (including phenoxy) is 4. The van der Waals surface area contributed by atoms with E-state index < -0.39 is 17.7 Å². The number of carbonyl (C=O) groups is 1. The van der Waals surface area contributed by atoms with Crippen LogP contribution in [0.3, 0.4) is 0 Å². The van der Waals surface area contributed by atoms with Gasteiger partial charge in [-0.2, -0.15) is 9.61 Å². The Hall–Kier alpha value is -3.73. The van der Waals surface area contributed by atoms with Crippen LogP contribution in [-0.2, 0) is 32.0 Å². The van der Waals surface area contributed by atoms with Crippen molar-refractivity contribution < 1.29 is 28.8 Å². The third kappa shape index (κ3) is 9.43. The number of aliphatic carboxylic acids is 1. The number of fused-ring (bicyclic) bond motifs is 1. The van der Waals surface area contributed by atoms with Crippen molar-refractivity contribution in [1.82, 2.24) is 14.6 Å². The summed E-state index contributed by atoms with van der Waals surface area (Å²) in [4.78, 5) is 19.7. The number of benzene rings is 1. The van der Waals surface area contributed by atoms with E-state index in [2.05, 4.69) is 50.1 Å². The normalized spacial score (nSPS) is 16.2. The number of carboxylic acids is 1. The van der Waals surface area contributed by atoms with Crippen molar-refractivity contribution in [3.8, 4) is 5.75 Å². The molecule has 1 N–H and O–H groups in total. The Bertz CT molecular complexity index is 1550. The Morgan fingerprint density at radius 1 is 1.15 bits per heavy atom. The van der Waals surface area contributed by atoms with Crippen LogP contribution in [0.1, 0.15) is 88.1 Å². The van der Waals surface area contributed by atoms with Gasteiger partial charge in [-0.15, -0.1) is 13.2 Å². The largest absolute Gasteiger partial charge is 0.490 e. The highest BCUT2D eigenvalue weighted by molar-refractivity contribution is 5.78. The quantitative estimate of drug-likeness (QED) is 0.130. The highest BCUT2D eigenvalue weighted by Crippen LogP contribution is 2.37. The van der Waals surface area contributed by atoms with Gasteiger partial charge >= 0.3 is 5.97 Å². The Balaban J connectivity index is 1.60. The SMILES string of the molecule is C=CCOC1(C)CCN(c2c(C(OC(C)(C)C)C(=O)O)c(C)nc3cc(COCCc4ccc(C)cc4O[C@@H](C)CC=C)nn23)CC1. The number of hydrogen-bond donors (Lipinski definition) is 1. The lowest BCUT2D eigenvalue weighted by Crippen LogP contribution is -2.45. The van der Waals surface area contributed by atoms with Crippen LogP contribution in [0.4, 0.5) is 5.82 Å². The minimum Gasteiger partial charge on any atom is -0.490 e. The Labute approximate surface area is 279 Å². The average molecular weight is 649 g/mol. The third-order valence-corrected chi connectivity index (χ3v) is 8.30. The highest BCUT2D eigenvalue weighted by Gasteiger charge is 2.37. The van der Waals surface area contributed by atoms with Gasteiger partial charge in [-0.1, -0.05) is 24.3 Å². The minimum atomic E-state index is -1.23. The van der Waals surface area contributed by atoms with Crippen molar-refractivity contribution in [2.75, 3.05) is 31.2 Å². The molecule has 1 unspecified atom stereocenters. The molecule has 256 valence electrons. The number of nitrogens with zero attached hydrogens (tertiary/aromatic N) is 4. The van der Waals surface area contributed by atoms with Crippen molar-refractivity contribution in [1.29, 1.82) is 0 Å². The number of carboxylic acid groups (broad SMARTS) is 1. The molecule has 10 nitrogen and oxygen atoms in total. The van der Waals surface area contributed by atoms with E-state index in [9.17, 15) is 9.90 Å². The molecule has 0 bridgehead atoms. The van der Waals surface area contributed by atoms with Crippen LogP contribution in [0.2, 0.25) is 0 Å². The van der Waals surface area contributed by atoms with Gasteiger partial charge in [0.25, 0.3) is 0 Å². The molecule has 0 saturated carbocycles. The maximum Gasteiger partial charge on any atom is 0.337 e. The number of aromatic nitrogens is 3. The van der Waals surface area contributed by atoms with E-state index in [-0.39, 0.29) is 18.3 Å². The fraction of sp³-hybridized carbons (Fsp3) is 0.541. The topological polar surface area (TPSA) is 108 Å². The molecule has 4 rings (SSSR count). The van der Waals surface area contributed by atoms with Gasteiger partial charge in [0.05, 0.1) is 48.4 Å². The van der Waals surface area contributed by atoms with Crippen molar-refractivity contribution >= 4 is 17.4 Å². The summed E-state index contributed by atoms with van der Waals surface area (Å²) in [6.45, 7) is 23.7. The van der Waals surface area contributed by atoms with Gasteiger partial charge in [0.1, 0.15) is 11.6 Å². The molecule has 1 aliphatic rings. The zero-order chi connectivity index (χ0) is 34.4. The van der Waals surface area contributed by atoms with Gasteiger partial charge in [-0.3, -0.25) is 0 Å². The molecule has 1 saturated heterocycles. The van der Waals surface area contributed by atoms with Gasteiger partial charge in [-0.05, 0) is 84.9 Å². The van der Waals surface area contributed by atoms with Gasteiger partial charge < -0.3 is 29.0 Å². The van der Waals surface area contributed by atoms with Crippen molar-refractivity contribution in [3.63, 3.8) is 0 Å². The molecule has 10 heteroatoms. The number of hydrogen-bond acceptors (Lipinski definition) is 8. The maximum absolute atomic E-state index is 12.7. The van der Waals surface area contributed by atoms with Crippen LogP contribution in [0, 0.1) is 13.8 Å². The summed E-state index contributed by atoms with van der Waals surface area (Å²) in [5.74, 6) is 0.470. The van der Waals surface area contributed by atoms with E-state index in [0.29, 0.717) is 61.1 Å². The van der Waals surface area contributed by atoms with Crippen LogP contribution in [0.15, 0.2) is 49.6 Å². The summed E-state index contributed by atoms with van der Waals surface area (Å²) in [7, 11) is 0. The molecular weight excluding hydrogens is 596 g/mol. The molecule has 3 aromatic rings. The second kappa shape index (κ2) is 15.4. The molecule has 2 aromatic heterocycles. The van der Waals surface area contributed by atoms with E-state index in [1.54, 1.807) is 10.6 Å². The number of anilines is 1. The molecular formula is C37H52N4O6. The van der Waals surface area contributed by atoms with E-state index in [4.69, 9.17) is 29.0 Å². The first-order chi connectivity index (χ1) is 22.2. The second-order valence-corrected chi connectivity index (χ2v) is 13.7. The molecule has 0 spiro atoms. The second-order valence-electron chi connectivity index (χ2n) is 13.7. The van der Waals surface area contributed by atoms with Crippen molar-refractivity contribution in [2.45, 2.75) is 104 Å². The molecule has 0 aliphatic carbocycles. The fourth-order valence-electron chi connectivity index (χ4n) is 5.86. The van der Waals surface area contributed by atoms with Crippen LogP contribution in [0.5, 0.6) is 5.75 Å². The number of aryl methyl sites for hydroxylation is 2. The summed E-state index contributed by atoms with van der Waals surface area (Å²) in [6.07, 6.45) is 5.40. The predicted octanol–water partition coefficient (Wildman–Crippen LogP) is 6.95. The maximum atomic E-state index is 12.7. The molecule has 2 atom stereocenters. The van der Waals surface area contributed by atoms with Crippen LogP contribution < -0.4 is 9.64 Å². The van der Waals surface area contributed by atoms with E-state index in [1.165, 1.54) is 0 Å². The smallest absolute Gasteiger partial charge is 0.337 e. The summed E-state index contributed by atoms with van der Waals surface area (Å²) in [5, 5.41) is 15.3. The highest BCUT2D eigenvalue weighted by atomic mass is 16.5. The lowest BCUT2D eigenvalue weighted by molar-refractivity contribution is -0.160. The fourth-order valence-corrected chi connectivity index (χ4v) is 5.86. The molecule has 1 aromatic carbocycles. The van der Waals surface area contributed by atoms with Crippen LogP contribution in [-0.4, -0.2) is 69.3 Å². The number of piperidine rings is 1. The molecule has 0 amide bonds. The monoisotopic (exact) mass is 648 g/mol. The summed E-state index contributed by atoms with van der Waals surface area (Å²) in [6, 6.07) is 8.13. The van der Waals surface area contributed by atoms with E-state index in [1.807, 2.05) is 46.8 Å². The molecule has 0 radical (unpaired) electrons. The summed E-state index contributed by atoms with van der Waals surface area (Å²) in [5.41, 5.74) is 3.65. The van der Waals surface area contributed by atoms with Gasteiger partial charge in [0.2, 0.25) is 0 Å². The summed E-state index contributed by atoms with van der Waals surface area (Å²) >= 11 is 0. The summed E-state index contributed by atoms with van der Waals surface area (Å²) < 4.78 is 26.3. The first-order valence-corrected chi connectivity index (χ1v) is 16.5. The van der Waals surface area contributed by atoms with Crippen LogP contribution in [0.25, 0.3) is 5.65 Å². The zero-order valence-corrected chi connectivity index (χ0v) is 29.2. The molecule has 47 heavy (non-hydrogen) atoms. The number of rotatable bonds is 16. The first-order valence-electron chi connectivity index (χ1n) is 16.5. The van der Waals surface area contributed by atoms with E-state index >= 15 is 0 Å². The van der Waals surface area contributed by atoms with Gasteiger partial charge in [0, 0.05) is 31.3 Å². The Kier molecular flexibility index (Phi) is 11.9. The van der Waals surface area contributed by atoms with Crippen molar-refractivity contribution in [2.24, 2.45) is 0 Å². The minimum absolute atomic E-state index is 0.0322. The predicted molar refractivity (Wildman–Crippen MR) is 184 cm³/mol. The Morgan fingerprint density at radius 2 is 1.87 bits per heavy atom. The standard InChI is InChI=1S/C37H52N4O6/c1-10-12-26(4)46-30-22-25(3)13-14-28(30)15-21-44-24-29-23-31-38-27(5)32(33(35(42)43)47-36(6,7)8)34(41(31)39-29)40-18-16-37(9,17-19-40)45-20-11-2/h10-11,13-14,22-23,26,33H,1-2,12,15-21,24H2,3-9H3,(H,42,43)/t26-,33?/m0/s1. The van der Waals surface area contributed by atoms with E-state index in [0.717, 1.165) is 36.1 Å². The molecule has 1 fully saturated rings. The van der Waals surface area contributed by atoms with Gasteiger partial charge in [-0.25, -0.2) is 9.78 Å². The zero-order valence-electron chi connectivity index (χ0n) is 29.2. The molecule has 1 aliphatic heterocycles. The Morgan fingerprint density at radius 3 is 2.51 bits per heavy atom. The van der Waals surface area contributed by atoms with Crippen LogP contribution >= 0.6 is 0 Å². The van der Waals surface area contributed by atoms with Gasteiger partial charge in [0.15, 0.2) is 11.8 Å². The lowest BCUT2D eigenvalue weighted by atomic mass is 9.92. The van der Waals surface area contributed by atoms with Crippen molar-refractivity contribution in [3.05, 3.63) is 77.7 Å². The lowest BCUT2D eigenvalue weighted by Gasteiger charge is -2.41. The third-order valence-electron chi connectivity index (χ3n) is 8.30. The average Bonchev–Trinajstić information content (AvgIpc) is 3.40. The first kappa shape index (κ1) is 36.1.